The zero-order valence-corrected chi connectivity index (χ0v) is 17.5. The second-order valence-electron chi connectivity index (χ2n) is 6.94. The third kappa shape index (κ3) is 4.46. The number of pyridine rings is 1. The highest BCUT2D eigenvalue weighted by Gasteiger charge is 2.34. The second-order valence-corrected chi connectivity index (χ2v) is 8.77. The molecule has 1 aromatic heterocycles. The van der Waals surface area contributed by atoms with Crippen LogP contribution in [0, 0.1) is 5.82 Å². The van der Waals surface area contributed by atoms with Crippen LogP contribution >= 0.6 is 0 Å². The molecule has 2 aromatic carbocycles. The molecule has 1 amide bonds. The molecule has 0 saturated carbocycles. The number of anilines is 2. The Bertz CT molecular complexity index is 1310. The normalized spacial score (nSPS) is 15.2. The van der Waals surface area contributed by atoms with Gasteiger partial charge in [-0.25, -0.2) is 12.8 Å². The monoisotopic (exact) mass is 481 g/mol. The first-order valence-corrected chi connectivity index (χ1v) is 10.9. The number of carbonyl (C=O) groups is 1. The van der Waals surface area contributed by atoms with E-state index < -0.39 is 33.5 Å². The number of sulfonamides is 1. The first-order chi connectivity index (χ1) is 15.6. The van der Waals surface area contributed by atoms with Crippen LogP contribution in [0.3, 0.4) is 0 Å². The van der Waals surface area contributed by atoms with Crippen LogP contribution in [0.25, 0.3) is 0 Å². The molecule has 0 bridgehead atoms. The summed E-state index contributed by atoms with van der Waals surface area (Å²) in [6.07, 6.45) is -2.36. The minimum absolute atomic E-state index is 0.00923. The van der Waals surface area contributed by atoms with Crippen LogP contribution in [-0.2, 0) is 16.2 Å². The van der Waals surface area contributed by atoms with Gasteiger partial charge in [-0.15, -0.1) is 0 Å². The molecule has 0 saturated heterocycles. The fourth-order valence-corrected chi connectivity index (χ4v) is 4.82. The Labute approximate surface area is 185 Å². The van der Waals surface area contributed by atoms with Crippen molar-refractivity contribution >= 4 is 27.3 Å². The summed E-state index contributed by atoms with van der Waals surface area (Å²) in [7, 11) is -4.26. The number of ether oxygens (including phenoxy) is 1. The highest BCUT2D eigenvalue weighted by atomic mass is 32.2. The second kappa shape index (κ2) is 8.35. The molecule has 1 aliphatic heterocycles. The van der Waals surface area contributed by atoms with Crippen molar-refractivity contribution < 1.29 is 35.5 Å². The van der Waals surface area contributed by atoms with Gasteiger partial charge in [0, 0.05) is 18.1 Å². The summed E-state index contributed by atoms with van der Waals surface area (Å²) >= 11 is 0. The number of nitrogens with zero attached hydrogens (tertiary/aromatic N) is 2. The van der Waals surface area contributed by atoms with Gasteiger partial charge in [0.2, 0.25) is 0 Å². The predicted molar refractivity (Wildman–Crippen MR) is 110 cm³/mol. The number of aromatic nitrogens is 1. The number of rotatable bonds is 3. The number of hydrogen-bond acceptors (Lipinski definition) is 5. The molecular weight excluding hydrogens is 466 g/mol. The van der Waals surface area contributed by atoms with Gasteiger partial charge in [0.25, 0.3) is 15.9 Å². The molecule has 7 nitrogen and oxygen atoms in total. The maximum Gasteiger partial charge on any atom is 0.416 e. The van der Waals surface area contributed by atoms with Crippen molar-refractivity contribution in [1.82, 2.24) is 4.98 Å². The summed E-state index contributed by atoms with van der Waals surface area (Å²) in [6.45, 7) is -0.204. The minimum Gasteiger partial charge on any atom is -0.490 e. The maximum atomic E-state index is 13.8. The van der Waals surface area contributed by atoms with E-state index in [-0.39, 0.29) is 40.7 Å². The first-order valence-electron chi connectivity index (χ1n) is 9.45. The minimum atomic E-state index is -4.56. The third-order valence-corrected chi connectivity index (χ3v) is 6.67. The van der Waals surface area contributed by atoms with Gasteiger partial charge < -0.3 is 10.1 Å². The van der Waals surface area contributed by atoms with Crippen LogP contribution in [0.2, 0.25) is 0 Å². The predicted octanol–water partition coefficient (Wildman–Crippen LogP) is 4.08. The Hall–Kier alpha value is -3.67. The van der Waals surface area contributed by atoms with Gasteiger partial charge >= 0.3 is 6.18 Å². The molecule has 33 heavy (non-hydrogen) atoms. The van der Waals surface area contributed by atoms with Crippen molar-refractivity contribution in [3.8, 4) is 5.75 Å². The van der Waals surface area contributed by atoms with Gasteiger partial charge in [-0.05, 0) is 48.5 Å². The maximum absolute atomic E-state index is 13.8. The first kappa shape index (κ1) is 22.5. The molecule has 0 radical (unpaired) electrons. The van der Waals surface area contributed by atoms with Crippen molar-refractivity contribution in [1.29, 1.82) is 0 Å². The van der Waals surface area contributed by atoms with E-state index in [4.69, 9.17) is 4.74 Å². The number of nitrogens with one attached hydrogen (secondary N) is 1. The van der Waals surface area contributed by atoms with Crippen LogP contribution < -0.4 is 14.4 Å². The summed E-state index contributed by atoms with van der Waals surface area (Å²) in [4.78, 5) is 15.7. The molecule has 12 heteroatoms. The van der Waals surface area contributed by atoms with Gasteiger partial charge in [0.1, 0.15) is 23.1 Å². The lowest BCUT2D eigenvalue weighted by molar-refractivity contribution is -0.137. The quantitative estimate of drug-likeness (QED) is 0.570. The van der Waals surface area contributed by atoms with E-state index in [0.29, 0.717) is 0 Å². The molecule has 0 atom stereocenters. The Morgan fingerprint density at radius 3 is 2.48 bits per heavy atom. The molecule has 0 fully saturated rings. The van der Waals surface area contributed by atoms with Crippen LogP contribution in [0.15, 0.2) is 65.8 Å². The van der Waals surface area contributed by atoms with Crippen LogP contribution in [0.5, 0.6) is 5.75 Å². The number of carbonyl (C=O) groups excluding carboxylic acids is 1. The zero-order chi connectivity index (χ0) is 23.8. The lowest BCUT2D eigenvalue weighted by Crippen LogP contribution is -2.32. The molecule has 172 valence electrons. The standard InChI is InChI=1S/C21H15F4N3O4S/c22-17-7-8-26-12-16(17)20(29)27-14-3-6-18-19(11-14)33(30,31)28(9-10-32-18)15-4-1-13(2-5-15)21(23,24)25/h1-8,11-12H,9-10H2,(H,27,29). The third-order valence-electron chi connectivity index (χ3n) is 4.82. The number of fused-ring (bicyclic) bond motifs is 1. The molecule has 1 N–H and O–H groups in total. The number of amides is 1. The van der Waals surface area contributed by atoms with Crippen molar-refractivity contribution in [2.24, 2.45) is 0 Å². The van der Waals surface area contributed by atoms with Crippen molar-refractivity contribution in [3.63, 3.8) is 0 Å². The lowest BCUT2D eigenvalue weighted by atomic mass is 10.2. The highest BCUT2D eigenvalue weighted by Crippen LogP contribution is 2.36. The Kier molecular flexibility index (Phi) is 5.70. The van der Waals surface area contributed by atoms with E-state index in [0.717, 1.165) is 46.9 Å². The Balaban J connectivity index is 1.67. The van der Waals surface area contributed by atoms with Crippen LogP contribution in [0.4, 0.5) is 28.9 Å². The van der Waals surface area contributed by atoms with Crippen molar-refractivity contribution in [2.75, 3.05) is 22.8 Å². The molecular formula is C21H15F4N3O4S. The lowest BCUT2D eigenvalue weighted by Gasteiger charge is -2.22. The van der Waals surface area contributed by atoms with Crippen LogP contribution in [0.1, 0.15) is 15.9 Å². The van der Waals surface area contributed by atoms with E-state index in [1.165, 1.54) is 18.3 Å². The van der Waals surface area contributed by atoms with Crippen molar-refractivity contribution in [3.05, 3.63) is 77.9 Å². The fraction of sp³-hybridized carbons (Fsp3) is 0.143. The average Bonchev–Trinajstić information content (AvgIpc) is 2.89. The number of hydrogen-bond donors (Lipinski definition) is 1. The zero-order valence-electron chi connectivity index (χ0n) is 16.6. The molecule has 0 aliphatic carbocycles. The summed E-state index contributed by atoms with van der Waals surface area (Å²) < 4.78 is 85.5. The molecule has 0 unspecified atom stereocenters. The molecule has 3 aromatic rings. The van der Waals surface area contributed by atoms with E-state index >= 15 is 0 Å². The highest BCUT2D eigenvalue weighted by molar-refractivity contribution is 7.93. The van der Waals surface area contributed by atoms with E-state index in [9.17, 15) is 30.8 Å². The molecule has 1 aliphatic rings. The molecule has 4 rings (SSSR count). The van der Waals surface area contributed by atoms with E-state index in [2.05, 4.69) is 10.3 Å². The summed E-state index contributed by atoms with van der Waals surface area (Å²) in [5, 5.41) is 2.40. The Morgan fingerprint density at radius 2 is 1.82 bits per heavy atom. The van der Waals surface area contributed by atoms with E-state index in [1.807, 2.05) is 0 Å². The largest absolute Gasteiger partial charge is 0.490 e. The molecule has 2 heterocycles. The summed E-state index contributed by atoms with van der Waals surface area (Å²) in [5.41, 5.74) is -1.18. The van der Waals surface area contributed by atoms with Gasteiger partial charge in [-0.2, -0.15) is 13.2 Å². The molecule has 0 spiro atoms. The van der Waals surface area contributed by atoms with Gasteiger partial charge in [-0.3, -0.25) is 14.1 Å². The summed E-state index contributed by atoms with van der Waals surface area (Å²) in [5.74, 6) is -1.64. The Morgan fingerprint density at radius 1 is 1.09 bits per heavy atom. The number of alkyl halides is 3. The van der Waals surface area contributed by atoms with Crippen LogP contribution in [-0.4, -0.2) is 32.5 Å². The fourth-order valence-electron chi connectivity index (χ4n) is 3.21. The van der Waals surface area contributed by atoms with Gasteiger partial charge in [0.15, 0.2) is 0 Å². The van der Waals surface area contributed by atoms with Crippen molar-refractivity contribution in [2.45, 2.75) is 11.1 Å². The number of benzene rings is 2. The number of halogens is 4. The average molecular weight is 481 g/mol. The SMILES string of the molecule is O=C(Nc1ccc2c(c1)S(=O)(=O)N(c1ccc(C(F)(F)F)cc1)CCO2)c1cnccc1F. The van der Waals surface area contributed by atoms with E-state index in [1.54, 1.807) is 0 Å². The van der Waals surface area contributed by atoms with Gasteiger partial charge in [-0.1, -0.05) is 0 Å². The van der Waals surface area contributed by atoms with Gasteiger partial charge in [0.05, 0.1) is 23.4 Å². The topological polar surface area (TPSA) is 88.6 Å². The smallest absolute Gasteiger partial charge is 0.416 e. The summed E-state index contributed by atoms with van der Waals surface area (Å²) in [6, 6.07) is 8.55.